The predicted octanol–water partition coefficient (Wildman–Crippen LogP) is 1.69. The van der Waals surface area contributed by atoms with Gasteiger partial charge in [-0.2, -0.15) is 8.42 Å². The lowest BCUT2D eigenvalue weighted by Crippen LogP contribution is -2.37. The summed E-state index contributed by atoms with van der Waals surface area (Å²) in [6, 6.07) is 4.93. The van der Waals surface area contributed by atoms with Crippen LogP contribution in [0.15, 0.2) is 29.2 Å². The highest BCUT2D eigenvalue weighted by Crippen LogP contribution is 2.17. The molecular weight excluding hydrogens is 311 g/mol. The summed E-state index contributed by atoms with van der Waals surface area (Å²) in [6.07, 6.45) is 3.07. The second-order valence-corrected chi connectivity index (χ2v) is 6.49. The van der Waals surface area contributed by atoms with Crippen LogP contribution in [0, 0.1) is 0 Å². The molecule has 0 unspecified atom stereocenters. The highest BCUT2D eigenvalue weighted by atomic mass is 32.3. The molecule has 8 heteroatoms. The van der Waals surface area contributed by atoms with Crippen LogP contribution in [0.4, 0.5) is 9.57 Å². The summed E-state index contributed by atoms with van der Waals surface area (Å²) in [4.78, 5) is 24.7. The van der Waals surface area contributed by atoms with Gasteiger partial charge in [0.15, 0.2) is 0 Å². The highest BCUT2D eigenvalue weighted by molar-refractivity contribution is 7.86. The zero-order valence-electron chi connectivity index (χ0n) is 11.9. The van der Waals surface area contributed by atoms with Gasteiger partial charge in [0.25, 0.3) is 0 Å². The number of carbonyl (C=O) groups excluding carboxylic acids is 2. The molecule has 0 spiro atoms. The number of hydrogen-bond donors (Lipinski definition) is 1. The average molecular weight is 328 g/mol. The lowest BCUT2D eigenvalue weighted by atomic mass is 10.2. The Labute approximate surface area is 128 Å². The molecule has 0 saturated carbocycles. The number of rotatable bonds is 4. The minimum absolute atomic E-state index is 0.0623. The first-order chi connectivity index (χ1) is 10.4. The third-order valence-corrected chi connectivity index (χ3v) is 4.22. The Morgan fingerprint density at radius 1 is 1.27 bits per heavy atom. The van der Waals surface area contributed by atoms with Crippen LogP contribution in [0.1, 0.15) is 25.7 Å². The first kappa shape index (κ1) is 16.4. The van der Waals surface area contributed by atoms with Crippen LogP contribution in [0.5, 0.6) is 0 Å². The Hall–Kier alpha value is -1.96. The van der Waals surface area contributed by atoms with E-state index in [0.29, 0.717) is 13.0 Å². The van der Waals surface area contributed by atoms with Crippen molar-refractivity contribution in [2.75, 3.05) is 18.4 Å². The van der Waals surface area contributed by atoms with Gasteiger partial charge in [-0.25, -0.2) is 0 Å². The van der Waals surface area contributed by atoms with Gasteiger partial charge in [-0.3, -0.25) is 9.59 Å². The standard InChI is InChI=1S/C14H17FN2O4S/c15-22(20,21)12-6-4-5-11(9-12)16-13(18)10-17-8-3-1-2-7-14(17)19/h4-6,9H,1-3,7-8,10H2,(H,16,18). The van der Waals surface area contributed by atoms with E-state index in [0.717, 1.165) is 31.4 Å². The van der Waals surface area contributed by atoms with Gasteiger partial charge in [0.05, 0.1) is 6.54 Å². The fourth-order valence-corrected chi connectivity index (χ4v) is 2.81. The summed E-state index contributed by atoms with van der Waals surface area (Å²) in [6.45, 7) is 0.441. The molecule has 120 valence electrons. The summed E-state index contributed by atoms with van der Waals surface area (Å²) >= 11 is 0. The molecule has 6 nitrogen and oxygen atoms in total. The van der Waals surface area contributed by atoms with Gasteiger partial charge in [-0.15, -0.1) is 3.89 Å². The Morgan fingerprint density at radius 3 is 2.77 bits per heavy atom. The van der Waals surface area contributed by atoms with Crippen molar-refractivity contribution in [2.24, 2.45) is 0 Å². The minimum atomic E-state index is -4.82. The largest absolute Gasteiger partial charge is 0.333 e. The van der Waals surface area contributed by atoms with Crippen LogP contribution in [0.25, 0.3) is 0 Å². The van der Waals surface area contributed by atoms with Crippen molar-refractivity contribution >= 4 is 27.7 Å². The molecule has 1 heterocycles. The maximum atomic E-state index is 12.9. The van der Waals surface area contributed by atoms with Crippen molar-refractivity contribution < 1.29 is 21.9 Å². The summed E-state index contributed by atoms with van der Waals surface area (Å²) in [5.74, 6) is -0.503. The average Bonchev–Trinajstić information content (AvgIpc) is 2.63. The molecule has 0 radical (unpaired) electrons. The second-order valence-electron chi connectivity index (χ2n) is 5.14. The van der Waals surface area contributed by atoms with Gasteiger partial charge in [0, 0.05) is 18.7 Å². The summed E-state index contributed by atoms with van der Waals surface area (Å²) in [5.41, 5.74) is 0.172. The van der Waals surface area contributed by atoms with E-state index >= 15 is 0 Å². The molecule has 0 aromatic heterocycles. The van der Waals surface area contributed by atoms with Crippen LogP contribution in [-0.4, -0.2) is 38.2 Å². The maximum Gasteiger partial charge on any atom is 0.332 e. The lowest BCUT2D eigenvalue weighted by Gasteiger charge is -2.19. The van der Waals surface area contributed by atoms with E-state index < -0.39 is 21.0 Å². The fourth-order valence-electron chi connectivity index (χ4n) is 2.31. The first-order valence-corrected chi connectivity index (χ1v) is 8.37. The van der Waals surface area contributed by atoms with Crippen LogP contribution < -0.4 is 5.32 Å². The SMILES string of the molecule is O=C(CN1CCCCCC1=O)Nc1cccc(S(=O)(=O)F)c1. The third kappa shape index (κ3) is 4.52. The van der Waals surface area contributed by atoms with Gasteiger partial charge < -0.3 is 10.2 Å². The van der Waals surface area contributed by atoms with Crippen molar-refractivity contribution in [1.82, 2.24) is 4.90 Å². The van der Waals surface area contributed by atoms with E-state index in [1.54, 1.807) is 0 Å². The molecule has 1 aliphatic rings. The normalized spacial score (nSPS) is 16.2. The quantitative estimate of drug-likeness (QED) is 0.853. The van der Waals surface area contributed by atoms with Crippen LogP contribution in [-0.2, 0) is 19.8 Å². The predicted molar refractivity (Wildman–Crippen MR) is 78.4 cm³/mol. The van der Waals surface area contributed by atoms with Gasteiger partial charge >= 0.3 is 10.2 Å². The van der Waals surface area contributed by atoms with E-state index in [-0.39, 0.29) is 18.1 Å². The Morgan fingerprint density at radius 2 is 2.05 bits per heavy atom. The molecule has 2 rings (SSSR count). The van der Waals surface area contributed by atoms with E-state index in [2.05, 4.69) is 5.32 Å². The van der Waals surface area contributed by atoms with Crippen molar-refractivity contribution in [3.8, 4) is 0 Å². The number of carbonyl (C=O) groups is 2. The minimum Gasteiger partial charge on any atom is -0.333 e. The Bertz CT molecular complexity index is 675. The summed E-state index contributed by atoms with van der Waals surface area (Å²) in [5, 5.41) is 2.48. The van der Waals surface area contributed by atoms with Gasteiger partial charge in [-0.05, 0) is 31.0 Å². The molecule has 1 saturated heterocycles. The smallest absolute Gasteiger partial charge is 0.332 e. The molecule has 1 aromatic rings. The Kier molecular flexibility index (Phi) is 5.12. The molecule has 1 fully saturated rings. The van der Waals surface area contributed by atoms with E-state index in [9.17, 15) is 21.9 Å². The molecular formula is C14H17FN2O4S. The molecule has 0 aliphatic carbocycles. The zero-order valence-corrected chi connectivity index (χ0v) is 12.7. The van der Waals surface area contributed by atoms with Crippen molar-refractivity contribution in [3.63, 3.8) is 0 Å². The monoisotopic (exact) mass is 328 g/mol. The second kappa shape index (κ2) is 6.87. The summed E-state index contributed by atoms with van der Waals surface area (Å²) < 4.78 is 34.6. The summed E-state index contributed by atoms with van der Waals surface area (Å²) in [7, 11) is -4.82. The van der Waals surface area contributed by atoms with E-state index in [4.69, 9.17) is 0 Å². The number of benzene rings is 1. The van der Waals surface area contributed by atoms with Crippen molar-refractivity contribution in [1.29, 1.82) is 0 Å². The molecule has 1 aromatic carbocycles. The fraction of sp³-hybridized carbons (Fsp3) is 0.429. The van der Waals surface area contributed by atoms with E-state index in [1.165, 1.54) is 17.0 Å². The number of halogens is 1. The van der Waals surface area contributed by atoms with Crippen LogP contribution in [0.2, 0.25) is 0 Å². The van der Waals surface area contributed by atoms with E-state index in [1.807, 2.05) is 0 Å². The highest BCUT2D eigenvalue weighted by Gasteiger charge is 2.19. The maximum absolute atomic E-state index is 12.9. The van der Waals surface area contributed by atoms with Gasteiger partial charge in [-0.1, -0.05) is 12.5 Å². The molecule has 1 N–H and O–H groups in total. The topological polar surface area (TPSA) is 83.6 Å². The molecule has 0 bridgehead atoms. The third-order valence-electron chi connectivity index (χ3n) is 3.41. The number of nitrogens with one attached hydrogen (secondary N) is 1. The Balaban J connectivity index is 2.01. The van der Waals surface area contributed by atoms with Gasteiger partial charge in [0.2, 0.25) is 11.8 Å². The molecule has 1 aliphatic heterocycles. The molecule has 2 amide bonds. The van der Waals surface area contributed by atoms with Crippen LogP contribution in [0.3, 0.4) is 0 Å². The molecule has 22 heavy (non-hydrogen) atoms. The lowest BCUT2D eigenvalue weighted by molar-refractivity contribution is -0.134. The molecule has 0 atom stereocenters. The number of hydrogen-bond acceptors (Lipinski definition) is 4. The van der Waals surface area contributed by atoms with Gasteiger partial charge in [0.1, 0.15) is 4.90 Å². The number of nitrogens with zero attached hydrogens (tertiary/aromatic N) is 1. The number of anilines is 1. The number of likely N-dealkylation sites (tertiary alicyclic amines) is 1. The zero-order chi connectivity index (χ0) is 16.2. The number of amides is 2. The first-order valence-electron chi connectivity index (χ1n) is 6.98. The van der Waals surface area contributed by atoms with Crippen molar-refractivity contribution in [2.45, 2.75) is 30.6 Å². The van der Waals surface area contributed by atoms with Crippen LogP contribution >= 0.6 is 0 Å². The van der Waals surface area contributed by atoms with Crippen molar-refractivity contribution in [3.05, 3.63) is 24.3 Å².